The lowest BCUT2D eigenvalue weighted by Crippen LogP contribution is -2.06. The van der Waals surface area contributed by atoms with Crippen LogP contribution in [0.4, 0.5) is 0 Å². The first-order valence-corrected chi connectivity index (χ1v) is 5.76. The zero-order chi connectivity index (χ0) is 13.1. The molecule has 1 N–H and O–H groups in total. The smallest absolute Gasteiger partial charge is 0.186 e. The van der Waals surface area contributed by atoms with E-state index in [1.54, 1.807) is 28.9 Å². The molecule has 0 saturated carbocycles. The Balaban J connectivity index is 2.47. The van der Waals surface area contributed by atoms with Crippen LogP contribution in [0.1, 0.15) is 25.2 Å². The first-order chi connectivity index (χ1) is 8.61. The normalized spacial score (nSPS) is 10.6. The van der Waals surface area contributed by atoms with Crippen LogP contribution in [0.2, 0.25) is 0 Å². The topological polar surface area (TPSA) is 74.7 Å². The van der Waals surface area contributed by atoms with Crippen molar-refractivity contribution in [1.29, 1.82) is 5.26 Å². The fourth-order valence-corrected chi connectivity index (χ4v) is 1.76. The van der Waals surface area contributed by atoms with Gasteiger partial charge in [0.15, 0.2) is 5.69 Å². The molecule has 5 nitrogen and oxygen atoms in total. The molecule has 1 aromatic heterocycles. The minimum absolute atomic E-state index is 0.199. The molecule has 0 aliphatic heterocycles. The van der Waals surface area contributed by atoms with Gasteiger partial charge in [0.25, 0.3) is 0 Å². The molecule has 5 heteroatoms. The summed E-state index contributed by atoms with van der Waals surface area (Å²) in [6.07, 6.45) is 0.733. The molecule has 0 amide bonds. The second-order valence-electron chi connectivity index (χ2n) is 4.52. The highest BCUT2D eigenvalue weighted by molar-refractivity contribution is 5.39. The highest BCUT2D eigenvalue weighted by Crippen LogP contribution is 2.18. The zero-order valence-corrected chi connectivity index (χ0v) is 10.3. The van der Waals surface area contributed by atoms with E-state index in [9.17, 15) is 5.11 Å². The summed E-state index contributed by atoms with van der Waals surface area (Å²) in [7, 11) is 0. The van der Waals surface area contributed by atoms with E-state index >= 15 is 0 Å². The Bertz CT molecular complexity index is 578. The predicted molar refractivity (Wildman–Crippen MR) is 66.3 cm³/mol. The highest BCUT2D eigenvalue weighted by Gasteiger charge is 2.15. The molecule has 92 valence electrons. The molecule has 1 aromatic carbocycles. The molecule has 0 saturated heterocycles. The SMILES string of the molecule is CC(C)Cc1c(C#N)nnn1-c1ccc(O)cc1. The Morgan fingerprint density at radius 2 is 2.00 bits per heavy atom. The number of rotatable bonds is 3. The van der Waals surface area contributed by atoms with E-state index in [1.807, 2.05) is 0 Å². The van der Waals surface area contributed by atoms with Gasteiger partial charge >= 0.3 is 0 Å². The van der Waals surface area contributed by atoms with E-state index in [-0.39, 0.29) is 5.75 Å². The standard InChI is InChI=1S/C13H14N4O/c1-9(2)7-13-12(8-14)15-16-17(13)10-3-5-11(18)6-4-10/h3-6,9,18H,7H2,1-2H3. The number of aromatic hydroxyl groups is 1. The Kier molecular flexibility index (Phi) is 3.28. The lowest BCUT2D eigenvalue weighted by molar-refractivity contribution is 0.475. The number of hydrogen-bond donors (Lipinski definition) is 1. The van der Waals surface area contributed by atoms with Crippen LogP contribution in [0, 0.1) is 17.2 Å². The maximum atomic E-state index is 9.27. The van der Waals surface area contributed by atoms with Gasteiger partial charge in [-0.25, -0.2) is 4.68 Å². The van der Waals surface area contributed by atoms with Crippen LogP contribution < -0.4 is 0 Å². The van der Waals surface area contributed by atoms with Gasteiger partial charge in [0.05, 0.1) is 11.4 Å². The van der Waals surface area contributed by atoms with Crippen molar-refractivity contribution in [3.8, 4) is 17.5 Å². The fourth-order valence-electron chi connectivity index (χ4n) is 1.76. The number of aromatic nitrogens is 3. The maximum Gasteiger partial charge on any atom is 0.186 e. The average Bonchev–Trinajstić information content (AvgIpc) is 2.72. The van der Waals surface area contributed by atoms with Gasteiger partial charge in [0, 0.05) is 0 Å². The number of nitriles is 1. The van der Waals surface area contributed by atoms with Crippen LogP contribution in [0.5, 0.6) is 5.75 Å². The molecule has 2 aromatic rings. The summed E-state index contributed by atoms with van der Waals surface area (Å²) in [6, 6.07) is 8.72. The molecular weight excluding hydrogens is 228 g/mol. The van der Waals surface area contributed by atoms with Crippen LogP contribution >= 0.6 is 0 Å². The monoisotopic (exact) mass is 242 g/mol. The van der Waals surface area contributed by atoms with Crippen LogP contribution in [0.15, 0.2) is 24.3 Å². The maximum absolute atomic E-state index is 9.27. The van der Waals surface area contributed by atoms with Gasteiger partial charge in [0.1, 0.15) is 11.8 Å². The molecule has 0 radical (unpaired) electrons. The van der Waals surface area contributed by atoms with Crippen LogP contribution in [-0.4, -0.2) is 20.1 Å². The molecule has 0 aliphatic carbocycles. The number of phenols is 1. The summed E-state index contributed by atoms with van der Waals surface area (Å²) in [5, 5.41) is 26.2. The van der Waals surface area contributed by atoms with Crippen molar-refractivity contribution in [1.82, 2.24) is 15.0 Å². The van der Waals surface area contributed by atoms with Crippen molar-refractivity contribution < 1.29 is 5.11 Å². The molecule has 18 heavy (non-hydrogen) atoms. The average molecular weight is 242 g/mol. The van der Waals surface area contributed by atoms with E-state index < -0.39 is 0 Å². The summed E-state index contributed by atoms with van der Waals surface area (Å²) in [4.78, 5) is 0. The van der Waals surface area contributed by atoms with E-state index in [4.69, 9.17) is 5.26 Å². The van der Waals surface area contributed by atoms with Crippen molar-refractivity contribution >= 4 is 0 Å². The van der Waals surface area contributed by atoms with Gasteiger partial charge < -0.3 is 5.11 Å². The molecule has 0 atom stereocenters. The summed E-state index contributed by atoms with van der Waals surface area (Å²) < 4.78 is 1.65. The van der Waals surface area contributed by atoms with E-state index in [1.165, 1.54) is 0 Å². The number of benzene rings is 1. The highest BCUT2D eigenvalue weighted by atomic mass is 16.3. The lowest BCUT2D eigenvalue weighted by atomic mass is 10.1. The van der Waals surface area contributed by atoms with E-state index in [2.05, 4.69) is 30.2 Å². The van der Waals surface area contributed by atoms with Crippen molar-refractivity contribution in [2.75, 3.05) is 0 Å². The third-order valence-electron chi connectivity index (χ3n) is 2.56. The number of nitrogens with zero attached hydrogens (tertiary/aromatic N) is 4. The van der Waals surface area contributed by atoms with Crippen LogP contribution in [-0.2, 0) is 6.42 Å². The Morgan fingerprint density at radius 1 is 1.33 bits per heavy atom. The van der Waals surface area contributed by atoms with E-state index in [0.717, 1.165) is 17.8 Å². The van der Waals surface area contributed by atoms with Crippen LogP contribution in [0.3, 0.4) is 0 Å². The van der Waals surface area contributed by atoms with Gasteiger partial charge in [-0.2, -0.15) is 5.26 Å². The molecule has 0 spiro atoms. The van der Waals surface area contributed by atoms with Crippen molar-refractivity contribution in [2.45, 2.75) is 20.3 Å². The minimum Gasteiger partial charge on any atom is -0.508 e. The number of hydrogen-bond acceptors (Lipinski definition) is 4. The summed E-state index contributed by atoms with van der Waals surface area (Å²) in [5.74, 6) is 0.608. The Hall–Kier alpha value is -2.35. The summed E-state index contributed by atoms with van der Waals surface area (Å²) >= 11 is 0. The molecule has 0 fully saturated rings. The fraction of sp³-hybridized carbons (Fsp3) is 0.308. The van der Waals surface area contributed by atoms with Crippen molar-refractivity contribution in [3.05, 3.63) is 35.7 Å². The van der Waals surface area contributed by atoms with Crippen molar-refractivity contribution in [3.63, 3.8) is 0 Å². The van der Waals surface area contributed by atoms with Gasteiger partial charge in [-0.1, -0.05) is 19.1 Å². The largest absolute Gasteiger partial charge is 0.508 e. The summed E-state index contributed by atoms with van der Waals surface area (Å²) in [6.45, 7) is 4.16. The molecular formula is C13H14N4O. The first-order valence-electron chi connectivity index (χ1n) is 5.76. The lowest BCUT2D eigenvalue weighted by Gasteiger charge is -2.08. The van der Waals surface area contributed by atoms with Gasteiger partial charge in [-0.3, -0.25) is 0 Å². The van der Waals surface area contributed by atoms with Gasteiger partial charge in [-0.05, 0) is 36.6 Å². The second-order valence-corrected chi connectivity index (χ2v) is 4.52. The third-order valence-corrected chi connectivity index (χ3v) is 2.56. The van der Waals surface area contributed by atoms with E-state index in [0.29, 0.717) is 11.6 Å². The van der Waals surface area contributed by atoms with Crippen LogP contribution in [0.25, 0.3) is 5.69 Å². The summed E-state index contributed by atoms with van der Waals surface area (Å²) in [5.41, 5.74) is 1.95. The second kappa shape index (κ2) is 4.88. The first kappa shape index (κ1) is 12.1. The number of phenolic OH excluding ortho intramolecular Hbond substituents is 1. The Morgan fingerprint density at radius 3 is 2.56 bits per heavy atom. The quantitative estimate of drug-likeness (QED) is 0.893. The molecule has 1 heterocycles. The third kappa shape index (κ3) is 2.33. The van der Waals surface area contributed by atoms with Gasteiger partial charge in [-0.15, -0.1) is 5.10 Å². The molecule has 0 aliphatic rings. The molecule has 2 rings (SSSR count). The van der Waals surface area contributed by atoms with Gasteiger partial charge in [0.2, 0.25) is 0 Å². The predicted octanol–water partition coefficient (Wildman–Crippen LogP) is 2.04. The van der Waals surface area contributed by atoms with Crippen molar-refractivity contribution in [2.24, 2.45) is 5.92 Å². The molecule has 0 bridgehead atoms. The minimum atomic E-state index is 0.199. The zero-order valence-electron chi connectivity index (χ0n) is 10.3. The molecule has 0 unspecified atom stereocenters. The Labute approximate surface area is 105 Å².